The summed E-state index contributed by atoms with van der Waals surface area (Å²) in [6.45, 7) is 0. The summed E-state index contributed by atoms with van der Waals surface area (Å²) in [7, 11) is 1.58. The number of halogens is 3. The fraction of sp³-hybridized carbons (Fsp3) is 0.304. The molecule has 2 aliphatic rings. The number of alkyl halides is 3. The van der Waals surface area contributed by atoms with Gasteiger partial charge in [-0.2, -0.15) is 13.2 Å². The Morgan fingerprint density at radius 2 is 1.53 bits per heavy atom. The third kappa shape index (κ3) is 3.84. The maximum absolute atomic E-state index is 13.0. The number of nitrogens with one attached hydrogen (secondary N) is 1. The highest BCUT2D eigenvalue weighted by Gasteiger charge is 2.38. The molecule has 0 saturated carbocycles. The van der Waals surface area contributed by atoms with Crippen LogP contribution in [0, 0.1) is 0 Å². The Morgan fingerprint density at radius 3 is 2.13 bits per heavy atom. The van der Waals surface area contributed by atoms with Gasteiger partial charge >= 0.3 is 6.18 Å². The van der Waals surface area contributed by atoms with Crippen molar-refractivity contribution in [2.45, 2.75) is 37.3 Å². The number of amides is 1. The largest absolute Gasteiger partial charge is 0.497 e. The third-order valence-corrected chi connectivity index (χ3v) is 5.76. The molecule has 2 atom stereocenters. The predicted octanol–water partition coefficient (Wildman–Crippen LogP) is 4.72. The molecule has 4 nitrogen and oxygen atoms in total. The van der Waals surface area contributed by atoms with Crippen LogP contribution in [0.4, 0.5) is 13.2 Å². The van der Waals surface area contributed by atoms with Gasteiger partial charge in [-0.05, 0) is 47.7 Å². The van der Waals surface area contributed by atoms with E-state index < -0.39 is 17.7 Å². The number of ketones is 1. The molecule has 1 amide bonds. The summed E-state index contributed by atoms with van der Waals surface area (Å²) in [5, 5.41) is 2.82. The van der Waals surface area contributed by atoms with E-state index in [0.29, 0.717) is 29.0 Å². The molecule has 2 aromatic carbocycles. The lowest BCUT2D eigenvalue weighted by Gasteiger charge is -2.34. The summed E-state index contributed by atoms with van der Waals surface area (Å²) >= 11 is 0. The minimum atomic E-state index is -4.43. The van der Waals surface area contributed by atoms with Gasteiger partial charge in [-0.1, -0.05) is 24.3 Å². The molecule has 0 bridgehead atoms. The topological polar surface area (TPSA) is 55.4 Å². The lowest BCUT2D eigenvalue weighted by molar-refractivity contribution is -0.137. The molecule has 2 aromatic rings. The number of benzene rings is 2. The number of Topliss-reactive ketones (excluding diaryl/α,β-unsaturated/α-hetero) is 1. The molecule has 1 aliphatic heterocycles. The van der Waals surface area contributed by atoms with Gasteiger partial charge in [-0.3, -0.25) is 9.59 Å². The van der Waals surface area contributed by atoms with Crippen molar-refractivity contribution in [2.24, 2.45) is 0 Å². The molecule has 0 spiro atoms. The van der Waals surface area contributed by atoms with E-state index in [-0.39, 0.29) is 30.4 Å². The van der Waals surface area contributed by atoms with E-state index in [4.69, 9.17) is 4.74 Å². The molecule has 1 N–H and O–H groups in total. The van der Waals surface area contributed by atoms with Crippen LogP contribution in [0.2, 0.25) is 0 Å². The summed E-state index contributed by atoms with van der Waals surface area (Å²) in [5.74, 6) is -0.202. The summed E-state index contributed by atoms with van der Waals surface area (Å²) in [6, 6.07) is 12.2. The van der Waals surface area contributed by atoms with Crippen molar-refractivity contribution in [1.82, 2.24) is 5.32 Å². The number of ether oxygens (including phenoxy) is 1. The van der Waals surface area contributed by atoms with E-state index >= 15 is 0 Å². The average Bonchev–Trinajstić information content (AvgIpc) is 2.72. The van der Waals surface area contributed by atoms with Crippen LogP contribution in [0.1, 0.15) is 47.8 Å². The van der Waals surface area contributed by atoms with Gasteiger partial charge in [0, 0.05) is 30.0 Å². The van der Waals surface area contributed by atoms with Crippen LogP contribution in [0.15, 0.2) is 59.8 Å². The van der Waals surface area contributed by atoms with Crippen molar-refractivity contribution in [1.29, 1.82) is 0 Å². The Kier molecular flexibility index (Phi) is 5.13. The predicted molar refractivity (Wildman–Crippen MR) is 104 cm³/mol. The third-order valence-electron chi connectivity index (χ3n) is 5.76. The first-order valence-electron chi connectivity index (χ1n) is 9.63. The molecule has 0 saturated heterocycles. The lowest BCUT2D eigenvalue weighted by Crippen LogP contribution is -2.38. The highest BCUT2D eigenvalue weighted by Crippen LogP contribution is 2.43. The van der Waals surface area contributed by atoms with Crippen molar-refractivity contribution >= 4 is 11.7 Å². The van der Waals surface area contributed by atoms with Crippen LogP contribution in [0.5, 0.6) is 5.75 Å². The Bertz CT molecular complexity index is 1010. The molecular weight excluding hydrogens is 395 g/mol. The first-order valence-corrected chi connectivity index (χ1v) is 9.63. The molecule has 0 unspecified atom stereocenters. The van der Waals surface area contributed by atoms with Gasteiger partial charge in [0.2, 0.25) is 5.91 Å². The molecule has 7 heteroatoms. The Morgan fingerprint density at radius 1 is 0.900 bits per heavy atom. The number of hydrogen-bond donors (Lipinski definition) is 1. The first-order chi connectivity index (χ1) is 14.3. The molecular formula is C23H20F3NO3. The summed E-state index contributed by atoms with van der Waals surface area (Å²) in [4.78, 5) is 25.3. The minimum absolute atomic E-state index is 0.0448. The fourth-order valence-electron chi connectivity index (χ4n) is 4.26. The van der Waals surface area contributed by atoms with E-state index in [1.54, 1.807) is 7.11 Å². The van der Waals surface area contributed by atoms with Crippen LogP contribution in [0.3, 0.4) is 0 Å². The van der Waals surface area contributed by atoms with E-state index in [1.807, 2.05) is 24.3 Å². The van der Waals surface area contributed by atoms with Gasteiger partial charge in [0.05, 0.1) is 12.7 Å². The zero-order valence-corrected chi connectivity index (χ0v) is 16.3. The van der Waals surface area contributed by atoms with Crippen LogP contribution >= 0.6 is 0 Å². The SMILES string of the molecule is COc1ccc([C@H]2CC(=O)C3=C(C2)NC(=O)C[C@@H]3c2ccc(C(F)(F)F)cc2)cc1. The van der Waals surface area contributed by atoms with Crippen LogP contribution in [-0.4, -0.2) is 18.8 Å². The van der Waals surface area contributed by atoms with Crippen molar-refractivity contribution in [2.75, 3.05) is 7.11 Å². The monoisotopic (exact) mass is 415 g/mol. The van der Waals surface area contributed by atoms with Crippen LogP contribution in [0.25, 0.3) is 0 Å². The summed E-state index contributed by atoms with van der Waals surface area (Å²) in [6.07, 6.45) is -3.60. The second kappa shape index (κ2) is 7.63. The zero-order chi connectivity index (χ0) is 21.5. The smallest absolute Gasteiger partial charge is 0.416 e. The summed E-state index contributed by atoms with van der Waals surface area (Å²) < 4.78 is 43.8. The Labute approximate surface area is 171 Å². The molecule has 156 valence electrons. The maximum atomic E-state index is 13.0. The van der Waals surface area contributed by atoms with Crippen molar-refractivity contribution < 1.29 is 27.5 Å². The molecule has 4 rings (SSSR count). The van der Waals surface area contributed by atoms with Crippen molar-refractivity contribution in [3.05, 3.63) is 76.5 Å². The van der Waals surface area contributed by atoms with Crippen molar-refractivity contribution in [3.8, 4) is 5.75 Å². The molecule has 1 aliphatic carbocycles. The molecule has 0 aromatic heterocycles. The number of carbonyl (C=O) groups excluding carboxylic acids is 2. The van der Waals surface area contributed by atoms with E-state index in [9.17, 15) is 22.8 Å². The minimum Gasteiger partial charge on any atom is -0.497 e. The number of hydrogen-bond acceptors (Lipinski definition) is 3. The number of carbonyl (C=O) groups is 2. The fourth-order valence-corrected chi connectivity index (χ4v) is 4.26. The molecule has 1 heterocycles. The first kappa shape index (κ1) is 20.2. The van der Waals surface area contributed by atoms with Gasteiger partial charge in [0.25, 0.3) is 0 Å². The Balaban J connectivity index is 1.65. The Hall–Kier alpha value is -3.09. The van der Waals surface area contributed by atoms with Crippen LogP contribution < -0.4 is 10.1 Å². The molecule has 0 fully saturated rings. The van der Waals surface area contributed by atoms with Gasteiger partial charge in [0.1, 0.15) is 5.75 Å². The quantitative estimate of drug-likeness (QED) is 0.789. The molecule has 30 heavy (non-hydrogen) atoms. The van der Waals surface area contributed by atoms with E-state index in [0.717, 1.165) is 17.7 Å². The standard InChI is InChI=1S/C23H20F3NO3/c1-30-17-8-4-13(5-9-17)15-10-19-22(20(28)11-15)18(12-21(29)27-19)14-2-6-16(7-3-14)23(24,25)26/h2-9,15,18H,10-12H2,1H3,(H,27,29)/t15-,18-/m1/s1. The van der Waals surface area contributed by atoms with Gasteiger partial charge in [-0.15, -0.1) is 0 Å². The highest BCUT2D eigenvalue weighted by molar-refractivity contribution is 6.02. The van der Waals surface area contributed by atoms with Gasteiger partial charge in [0.15, 0.2) is 5.78 Å². The van der Waals surface area contributed by atoms with Crippen LogP contribution in [-0.2, 0) is 15.8 Å². The van der Waals surface area contributed by atoms with E-state index in [2.05, 4.69) is 5.32 Å². The average molecular weight is 415 g/mol. The molecule has 0 radical (unpaired) electrons. The number of methoxy groups -OCH3 is 1. The normalized spacial score (nSPS) is 21.9. The number of rotatable bonds is 3. The van der Waals surface area contributed by atoms with E-state index in [1.165, 1.54) is 12.1 Å². The van der Waals surface area contributed by atoms with Crippen molar-refractivity contribution in [3.63, 3.8) is 0 Å². The second-order valence-electron chi connectivity index (χ2n) is 7.62. The second-order valence-corrected chi connectivity index (χ2v) is 7.62. The summed E-state index contributed by atoms with van der Waals surface area (Å²) in [5.41, 5.74) is 1.85. The number of allylic oxidation sites excluding steroid dienone is 2. The highest BCUT2D eigenvalue weighted by atomic mass is 19.4. The van der Waals surface area contributed by atoms with Gasteiger partial charge < -0.3 is 10.1 Å². The maximum Gasteiger partial charge on any atom is 0.416 e. The lowest BCUT2D eigenvalue weighted by atomic mass is 9.73. The zero-order valence-electron chi connectivity index (χ0n) is 16.3. The van der Waals surface area contributed by atoms with Gasteiger partial charge in [-0.25, -0.2) is 0 Å².